The zero-order valence-corrected chi connectivity index (χ0v) is 22.9. The van der Waals surface area contributed by atoms with Crippen LogP contribution in [0.4, 0.5) is 5.00 Å². The number of ether oxygens (including phenoxy) is 2. The molecule has 8 nitrogen and oxygen atoms in total. The molecule has 4 aromatic rings. The number of nitrogens with zero attached hydrogens (tertiary/aromatic N) is 3. The van der Waals surface area contributed by atoms with Crippen molar-refractivity contribution in [3.63, 3.8) is 0 Å². The normalized spacial score (nSPS) is 11.7. The molecule has 1 amide bonds. The number of methoxy groups -OCH3 is 1. The first-order chi connectivity index (χ1) is 17.8. The Balaban J connectivity index is 1.43. The van der Waals surface area contributed by atoms with Crippen LogP contribution < -0.4 is 10.1 Å². The number of hydrogen-bond acceptors (Lipinski definition) is 8. The number of carbonyl (C=O) groups excluding carboxylic acids is 2. The standard InChI is InChI=1S/C27H28N4O4S2/c1-16-9-11-19(12-10-16)21-14-36-25(23(21)26(33)34-5)28-22(32)15-37-27-30-29-24(31(27)4)18(3)35-20-8-6-7-17(2)13-20/h6-14,18H,15H2,1-5H3,(H,28,32). The van der Waals surface area contributed by atoms with Crippen molar-refractivity contribution in [3.05, 3.63) is 76.4 Å². The molecule has 0 saturated heterocycles. The lowest BCUT2D eigenvalue weighted by atomic mass is 10.0. The summed E-state index contributed by atoms with van der Waals surface area (Å²) in [5.41, 5.74) is 4.17. The summed E-state index contributed by atoms with van der Waals surface area (Å²) in [6.07, 6.45) is -0.323. The van der Waals surface area contributed by atoms with Gasteiger partial charge in [0.1, 0.15) is 16.3 Å². The van der Waals surface area contributed by atoms with E-state index in [0.717, 1.165) is 28.0 Å². The van der Waals surface area contributed by atoms with Crippen molar-refractivity contribution in [1.29, 1.82) is 0 Å². The molecule has 0 saturated carbocycles. The van der Waals surface area contributed by atoms with Gasteiger partial charge in [0.05, 0.1) is 12.9 Å². The molecule has 2 heterocycles. The van der Waals surface area contributed by atoms with Gasteiger partial charge in [-0.2, -0.15) is 0 Å². The third-order valence-electron chi connectivity index (χ3n) is 5.66. The summed E-state index contributed by atoms with van der Waals surface area (Å²) in [7, 11) is 3.17. The number of anilines is 1. The van der Waals surface area contributed by atoms with Crippen molar-refractivity contribution in [2.24, 2.45) is 7.05 Å². The Morgan fingerprint density at radius 2 is 1.86 bits per heavy atom. The number of aryl methyl sites for hydroxylation is 2. The van der Waals surface area contributed by atoms with Gasteiger partial charge in [-0.1, -0.05) is 53.7 Å². The number of esters is 1. The van der Waals surface area contributed by atoms with Gasteiger partial charge in [-0.05, 0) is 44.0 Å². The van der Waals surface area contributed by atoms with Gasteiger partial charge in [0.2, 0.25) is 5.91 Å². The van der Waals surface area contributed by atoms with E-state index in [1.807, 2.05) is 86.3 Å². The lowest BCUT2D eigenvalue weighted by molar-refractivity contribution is -0.113. The van der Waals surface area contributed by atoms with Crippen molar-refractivity contribution in [1.82, 2.24) is 14.8 Å². The lowest BCUT2D eigenvalue weighted by Gasteiger charge is -2.14. The molecule has 2 aromatic heterocycles. The van der Waals surface area contributed by atoms with E-state index in [-0.39, 0.29) is 17.8 Å². The minimum Gasteiger partial charge on any atom is -0.483 e. The number of carbonyl (C=O) groups is 2. The monoisotopic (exact) mass is 536 g/mol. The number of aromatic nitrogens is 3. The number of benzene rings is 2. The molecule has 0 aliphatic carbocycles. The van der Waals surface area contributed by atoms with E-state index in [1.165, 1.54) is 30.2 Å². The Bertz CT molecular complexity index is 1410. The number of hydrogen-bond donors (Lipinski definition) is 1. The fraction of sp³-hybridized carbons (Fsp3) is 0.259. The van der Waals surface area contributed by atoms with E-state index in [0.29, 0.717) is 21.5 Å². The second kappa shape index (κ2) is 11.6. The zero-order valence-electron chi connectivity index (χ0n) is 21.3. The highest BCUT2D eigenvalue weighted by Crippen LogP contribution is 2.36. The van der Waals surface area contributed by atoms with E-state index in [4.69, 9.17) is 9.47 Å². The van der Waals surface area contributed by atoms with Gasteiger partial charge in [0.25, 0.3) is 0 Å². The molecule has 0 aliphatic rings. The SMILES string of the molecule is COC(=O)c1c(-c2ccc(C)cc2)csc1NC(=O)CSc1nnc(C(C)Oc2cccc(C)c2)n1C. The van der Waals surface area contributed by atoms with Gasteiger partial charge in [-0.25, -0.2) is 4.79 Å². The third-order valence-corrected chi connectivity index (χ3v) is 7.58. The predicted molar refractivity (Wildman–Crippen MR) is 146 cm³/mol. The second-order valence-corrected chi connectivity index (χ2v) is 10.3. The molecule has 192 valence electrons. The van der Waals surface area contributed by atoms with Gasteiger partial charge in [0.15, 0.2) is 17.1 Å². The van der Waals surface area contributed by atoms with Crippen LogP contribution in [0.1, 0.15) is 40.3 Å². The zero-order chi connectivity index (χ0) is 26.5. The van der Waals surface area contributed by atoms with E-state index >= 15 is 0 Å². The Morgan fingerprint density at radius 1 is 1.11 bits per heavy atom. The van der Waals surface area contributed by atoms with Crippen LogP contribution in [0, 0.1) is 13.8 Å². The smallest absolute Gasteiger partial charge is 0.341 e. The van der Waals surface area contributed by atoms with Gasteiger partial charge < -0.3 is 19.4 Å². The van der Waals surface area contributed by atoms with Crippen LogP contribution in [0.3, 0.4) is 0 Å². The molecular formula is C27H28N4O4S2. The van der Waals surface area contributed by atoms with Gasteiger partial charge >= 0.3 is 5.97 Å². The van der Waals surface area contributed by atoms with Crippen LogP contribution in [0.25, 0.3) is 11.1 Å². The molecule has 0 aliphatic heterocycles. The third kappa shape index (κ3) is 6.20. The Kier molecular flexibility index (Phi) is 8.30. The molecule has 4 rings (SSSR count). The molecule has 0 fully saturated rings. The Labute approximate surface area is 224 Å². The van der Waals surface area contributed by atoms with Crippen LogP contribution in [0.5, 0.6) is 5.75 Å². The topological polar surface area (TPSA) is 95.3 Å². The van der Waals surface area contributed by atoms with Gasteiger partial charge in [0, 0.05) is 18.0 Å². The highest BCUT2D eigenvalue weighted by atomic mass is 32.2. The molecule has 0 radical (unpaired) electrons. The average molecular weight is 537 g/mol. The molecule has 0 bridgehead atoms. The van der Waals surface area contributed by atoms with Crippen LogP contribution in [0.2, 0.25) is 0 Å². The van der Waals surface area contributed by atoms with Crippen LogP contribution >= 0.6 is 23.1 Å². The number of thiophene rings is 1. The van der Waals surface area contributed by atoms with Gasteiger partial charge in [-0.3, -0.25) is 4.79 Å². The highest BCUT2D eigenvalue weighted by molar-refractivity contribution is 7.99. The number of thioether (sulfide) groups is 1. The first kappa shape index (κ1) is 26.4. The largest absolute Gasteiger partial charge is 0.483 e. The van der Waals surface area contributed by atoms with Crippen molar-refractivity contribution in [3.8, 4) is 16.9 Å². The fourth-order valence-corrected chi connectivity index (χ4v) is 5.44. The summed E-state index contributed by atoms with van der Waals surface area (Å²) in [5.74, 6) is 0.739. The maximum absolute atomic E-state index is 12.8. The van der Waals surface area contributed by atoms with Crippen molar-refractivity contribution >= 4 is 40.0 Å². The Hall–Kier alpha value is -3.63. The van der Waals surface area contributed by atoms with Crippen LogP contribution in [-0.4, -0.2) is 39.5 Å². The molecule has 10 heteroatoms. The first-order valence-electron chi connectivity index (χ1n) is 11.6. The van der Waals surface area contributed by atoms with Crippen molar-refractivity contribution in [2.45, 2.75) is 32.0 Å². The lowest BCUT2D eigenvalue weighted by Crippen LogP contribution is -2.16. The molecule has 37 heavy (non-hydrogen) atoms. The predicted octanol–water partition coefficient (Wildman–Crippen LogP) is 5.82. The number of amides is 1. The second-order valence-electron chi connectivity index (χ2n) is 8.52. The maximum atomic E-state index is 12.8. The molecule has 1 N–H and O–H groups in total. The van der Waals surface area contributed by atoms with Crippen molar-refractivity contribution < 1.29 is 19.1 Å². The first-order valence-corrected chi connectivity index (χ1v) is 13.5. The van der Waals surface area contributed by atoms with Crippen LogP contribution in [0.15, 0.2) is 59.1 Å². The van der Waals surface area contributed by atoms with Crippen molar-refractivity contribution in [2.75, 3.05) is 18.2 Å². The van der Waals surface area contributed by atoms with Gasteiger partial charge in [-0.15, -0.1) is 21.5 Å². The quantitative estimate of drug-likeness (QED) is 0.213. The molecule has 0 spiro atoms. The minimum absolute atomic E-state index is 0.0947. The fourth-order valence-electron chi connectivity index (χ4n) is 3.74. The summed E-state index contributed by atoms with van der Waals surface area (Å²) in [5, 5.41) is 14.2. The van der Waals surface area contributed by atoms with E-state index in [9.17, 15) is 9.59 Å². The molecule has 1 unspecified atom stereocenters. The summed E-state index contributed by atoms with van der Waals surface area (Å²) < 4.78 is 12.8. The summed E-state index contributed by atoms with van der Waals surface area (Å²) in [6, 6.07) is 15.7. The average Bonchev–Trinajstić information content (AvgIpc) is 3.46. The summed E-state index contributed by atoms with van der Waals surface area (Å²) in [4.78, 5) is 25.4. The van der Waals surface area contributed by atoms with E-state index in [1.54, 1.807) is 0 Å². The highest BCUT2D eigenvalue weighted by Gasteiger charge is 2.23. The maximum Gasteiger partial charge on any atom is 0.341 e. The van der Waals surface area contributed by atoms with E-state index in [2.05, 4.69) is 15.5 Å². The van der Waals surface area contributed by atoms with Crippen LogP contribution in [-0.2, 0) is 16.6 Å². The minimum atomic E-state index is -0.500. The number of nitrogens with one attached hydrogen (secondary N) is 1. The molecule has 1 atom stereocenters. The molecular weight excluding hydrogens is 508 g/mol. The Morgan fingerprint density at radius 3 is 2.57 bits per heavy atom. The molecule has 2 aromatic carbocycles. The summed E-state index contributed by atoms with van der Waals surface area (Å²) in [6.45, 7) is 5.91. The number of rotatable bonds is 9. The summed E-state index contributed by atoms with van der Waals surface area (Å²) >= 11 is 2.55. The van der Waals surface area contributed by atoms with E-state index < -0.39 is 5.97 Å².